The zero-order chi connectivity index (χ0) is 57.8. The zero-order valence-electron chi connectivity index (χ0n) is 48.1. The maximum absolute atomic E-state index is 12.2. The minimum atomic E-state index is -0.488. The molecule has 21 heteroatoms. The fourth-order valence-corrected chi connectivity index (χ4v) is 9.58. The monoisotopic (exact) mass is 1120 g/mol. The molecule has 81 heavy (non-hydrogen) atoms. The van der Waals surface area contributed by atoms with E-state index in [1.54, 1.807) is 44.3 Å². The van der Waals surface area contributed by atoms with Crippen molar-refractivity contribution in [2.24, 2.45) is 22.1 Å². The Bertz CT molecular complexity index is 2590. The lowest BCUT2D eigenvalue weighted by Crippen LogP contribution is -2.55. The van der Waals surface area contributed by atoms with Gasteiger partial charge in [0.15, 0.2) is 0 Å². The van der Waals surface area contributed by atoms with Crippen LogP contribution in [0.4, 0.5) is 19.2 Å². The van der Waals surface area contributed by atoms with Crippen molar-refractivity contribution in [3.63, 3.8) is 0 Å². The number of rotatable bonds is 14. The largest absolute Gasteiger partial charge is 0.506 e. The number of ether oxygens (including phenoxy) is 5. The number of aromatic nitrogens is 4. The molecule has 4 aromatic heterocycles. The van der Waals surface area contributed by atoms with Crippen LogP contribution in [0.3, 0.4) is 0 Å². The summed E-state index contributed by atoms with van der Waals surface area (Å²) in [6, 6.07) is 14.8. The first kappa shape index (κ1) is 61.8. The van der Waals surface area contributed by atoms with Gasteiger partial charge in [-0.15, -0.1) is 0 Å². The van der Waals surface area contributed by atoms with Crippen LogP contribution in [-0.2, 0) is 32.2 Å². The molecule has 0 radical (unpaired) electrons. The van der Waals surface area contributed by atoms with E-state index in [2.05, 4.69) is 36.2 Å². The van der Waals surface area contributed by atoms with Gasteiger partial charge in [0.1, 0.15) is 29.3 Å². The van der Waals surface area contributed by atoms with Crippen LogP contribution < -0.4 is 4.74 Å². The van der Waals surface area contributed by atoms with Gasteiger partial charge in [-0.2, -0.15) is 0 Å². The van der Waals surface area contributed by atoms with Crippen molar-refractivity contribution < 1.29 is 53.1 Å². The highest BCUT2D eigenvalue weighted by Crippen LogP contribution is 2.49. The van der Waals surface area contributed by atoms with Crippen molar-refractivity contribution in [2.75, 3.05) is 65.7 Å². The number of aliphatic hydroxyl groups excluding tert-OH is 1. The smallest absolute Gasteiger partial charge is 0.410 e. The summed E-state index contributed by atoms with van der Waals surface area (Å²) in [5.74, 6) is 2.96. The van der Waals surface area contributed by atoms with Crippen molar-refractivity contribution in [1.82, 2.24) is 39.5 Å². The van der Waals surface area contributed by atoms with Gasteiger partial charge in [0.05, 0.1) is 68.9 Å². The highest BCUT2D eigenvalue weighted by molar-refractivity contribution is 5.80. The first-order valence-electron chi connectivity index (χ1n) is 28.7. The molecular formula is C60H84N10O11. The average molecular weight is 1120 g/mol. The standard InChI is InChI=1S/C24H31N3O4.C15H16N2O2.C12H20N4O2.C9H17NO3/c1-24(2,3)31-23(28)27-9-7-20(27)16-30-21-10-17(12-25-13-21)22-11-18(22)14-29-15-19-6-4-5-8-26-19;18-14-5-11(7-16-8-14)15-6-12(15)9-19-10-13-3-1-2-4-17-13;17-11(15-7-3-1-4-8-15)13-14-12(18)16-9-5-2-6-10-16;1-9(2,3)13-8(12)10-5-4-7(10)6-11/h4-6,8,10,12-13,18,20,22H,7,9,11,14-16H2,1-3H3;1-5,7-8,12,15,18H,6,9-10H2;1-10H2;7,11H,4-6H2,1-3H3/t18-,20+,22-;12-,15-;;7-/m11.0/s1. The van der Waals surface area contributed by atoms with E-state index in [-0.39, 0.29) is 48.7 Å². The van der Waals surface area contributed by atoms with Crippen molar-refractivity contribution in [3.05, 3.63) is 108 Å². The summed E-state index contributed by atoms with van der Waals surface area (Å²) in [7, 11) is 0. The molecule has 6 fully saturated rings. The number of urea groups is 2. The number of carbonyl (C=O) groups is 4. The van der Waals surface area contributed by atoms with Gasteiger partial charge in [0, 0.05) is 64.1 Å². The number of piperidine rings is 2. The molecule has 21 nitrogen and oxygen atoms in total. The van der Waals surface area contributed by atoms with Gasteiger partial charge >= 0.3 is 24.2 Å². The second-order valence-electron chi connectivity index (χ2n) is 23.4. The number of hydrogen-bond donors (Lipinski definition) is 2. The Kier molecular flexibility index (Phi) is 23.1. The first-order chi connectivity index (χ1) is 38.9. The number of hydrogen-bond acceptors (Lipinski definition) is 15. The van der Waals surface area contributed by atoms with E-state index in [1.807, 2.05) is 90.3 Å². The average Bonchev–Trinajstić information content (AvgIpc) is 4.59. The predicted octanol–water partition coefficient (Wildman–Crippen LogP) is 10.3. The Balaban J connectivity index is 0.000000164. The van der Waals surface area contributed by atoms with Crippen LogP contribution in [0.1, 0.15) is 140 Å². The van der Waals surface area contributed by atoms with E-state index in [9.17, 15) is 24.3 Å². The summed E-state index contributed by atoms with van der Waals surface area (Å²) >= 11 is 0. The molecule has 6 aliphatic rings. The minimum absolute atomic E-state index is 0.0270. The Morgan fingerprint density at radius 1 is 0.593 bits per heavy atom. The SMILES string of the molecule is CC(C)(C)OC(=O)N1CC[C@H]1CO.CC(C)(C)OC(=O)N1CC[C@H]1COc1cncc([C@H]2C[C@@H]2COCc2ccccn2)c1.O=C(N=NC(=O)N1CCCCC1)N1CCCCC1.Oc1cncc([C@H]2C[C@@H]2COCc2ccccn2)c1. The zero-order valence-corrected chi connectivity index (χ0v) is 48.1. The van der Waals surface area contributed by atoms with Gasteiger partial charge in [-0.25, -0.2) is 19.2 Å². The molecule has 2 aliphatic carbocycles. The van der Waals surface area contributed by atoms with E-state index in [0.29, 0.717) is 56.6 Å². The third-order valence-electron chi connectivity index (χ3n) is 14.5. The van der Waals surface area contributed by atoms with E-state index >= 15 is 0 Å². The number of amides is 6. The first-order valence-corrected chi connectivity index (χ1v) is 28.7. The number of aliphatic hydroxyl groups is 1. The van der Waals surface area contributed by atoms with Crippen molar-refractivity contribution in [2.45, 2.75) is 154 Å². The number of pyridine rings is 4. The van der Waals surface area contributed by atoms with Gasteiger partial charge < -0.3 is 53.5 Å². The highest BCUT2D eigenvalue weighted by Gasteiger charge is 2.41. The van der Waals surface area contributed by atoms with E-state index < -0.39 is 11.2 Å². The third kappa shape index (κ3) is 20.9. The Morgan fingerprint density at radius 2 is 1.06 bits per heavy atom. The fourth-order valence-electron chi connectivity index (χ4n) is 9.58. The second-order valence-corrected chi connectivity index (χ2v) is 23.4. The Morgan fingerprint density at radius 3 is 1.48 bits per heavy atom. The van der Waals surface area contributed by atoms with Crippen LogP contribution in [0.2, 0.25) is 0 Å². The third-order valence-corrected chi connectivity index (χ3v) is 14.5. The van der Waals surface area contributed by atoms with Gasteiger partial charge in [-0.05, 0) is 177 Å². The molecule has 2 saturated carbocycles. The highest BCUT2D eigenvalue weighted by atomic mass is 16.6. The van der Waals surface area contributed by atoms with E-state index in [1.165, 1.54) is 11.8 Å². The van der Waals surface area contributed by atoms with Gasteiger partial charge in [0.2, 0.25) is 0 Å². The Labute approximate surface area is 476 Å². The maximum atomic E-state index is 12.2. The molecule has 6 amide bonds. The van der Waals surface area contributed by atoms with Crippen LogP contribution in [0.5, 0.6) is 11.5 Å². The normalized spacial score (nSPS) is 22.0. The maximum Gasteiger partial charge on any atom is 0.410 e. The number of azo groups is 1. The summed E-state index contributed by atoms with van der Waals surface area (Å²) < 4.78 is 28.1. The lowest BCUT2D eigenvalue weighted by atomic mass is 10.1. The molecule has 8 heterocycles. The predicted molar refractivity (Wildman–Crippen MR) is 301 cm³/mol. The van der Waals surface area contributed by atoms with E-state index in [4.69, 9.17) is 28.8 Å². The van der Waals surface area contributed by atoms with Crippen LogP contribution in [0.15, 0.2) is 95.9 Å². The topological polar surface area (TPSA) is 244 Å². The fraction of sp³-hybridized carbons (Fsp3) is 0.600. The molecule has 2 N–H and O–H groups in total. The number of nitrogens with zero attached hydrogens (tertiary/aromatic N) is 10. The summed E-state index contributed by atoms with van der Waals surface area (Å²) in [5, 5.41) is 25.3. The molecule has 4 saturated heterocycles. The second kappa shape index (κ2) is 30.3. The van der Waals surface area contributed by atoms with Crippen LogP contribution in [-0.4, -0.2) is 163 Å². The lowest BCUT2D eigenvalue weighted by Gasteiger charge is -2.40. The van der Waals surface area contributed by atoms with Gasteiger partial charge in [-0.3, -0.25) is 19.9 Å². The van der Waals surface area contributed by atoms with Crippen molar-refractivity contribution in [3.8, 4) is 11.5 Å². The molecule has 0 unspecified atom stereocenters. The van der Waals surface area contributed by atoms with Crippen LogP contribution >= 0.6 is 0 Å². The van der Waals surface area contributed by atoms with Crippen LogP contribution in [0, 0.1) is 11.8 Å². The molecule has 0 aromatic carbocycles. The number of aromatic hydroxyl groups is 1. The lowest BCUT2D eigenvalue weighted by molar-refractivity contribution is -0.0168. The molecule has 6 atom stereocenters. The molecule has 0 bridgehead atoms. The quantitative estimate of drug-likeness (QED) is 0.112. The minimum Gasteiger partial charge on any atom is -0.506 e. The summed E-state index contributed by atoms with van der Waals surface area (Å²) in [6.07, 6.45) is 20.3. The molecule has 4 aliphatic heterocycles. The molecule has 0 spiro atoms. The van der Waals surface area contributed by atoms with E-state index in [0.717, 1.165) is 126 Å². The summed E-state index contributed by atoms with van der Waals surface area (Å²) in [4.78, 5) is 70.5. The Hall–Kier alpha value is -6.84. The van der Waals surface area contributed by atoms with Crippen LogP contribution in [0.25, 0.3) is 0 Å². The molecule has 10 rings (SSSR count). The molecule has 440 valence electrons. The van der Waals surface area contributed by atoms with Crippen molar-refractivity contribution >= 4 is 24.2 Å². The molecule has 4 aromatic rings. The van der Waals surface area contributed by atoms with Gasteiger partial charge in [0.25, 0.3) is 0 Å². The summed E-state index contributed by atoms with van der Waals surface area (Å²) in [5.41, 5.74) is 3.25. The van der Waals surface area contributed by atoms with Crippen molar-refractivity contribution in [1.29, 1.82) is 0 Å². The van der Waals surface area contributed by atoms with Gasteiger partial charge in [-0.1, -0.05) is 22.4 Å². The number of carbonyl (C=O) groups excluding carboxylic acids is 4. The molecular weight excluding hydrogens is 1040 g/mol. The summed E-state index contributed by atoms with van der Waals surface area (Å²) in [6.45, 7) is 18.5. The number of likely N-dealkylation sites (tertiary alicyclic amines) is 4.